The number of nitrogens with zero attached hydrogens (tertiary/aromatic N) is 2. The van der Waals surface area contributed by atoms with Crippen LogP contribution in [0.25, 0.3) is 0 Å². The Labute approximate surface area is 108 Å². The molecular formula is C9H13N3O6P+. The van der Waals surface area contributed by atoms with Crippen molar-refractivity contribution in [3.8, 4) is 0 Å². The van der Waals surface area contributed by atoms with Gasteiger partial charge in [0.05, 0.1) is 6.61 Å². The van der Waals surface area contributed by atoms with Crippen LogP contribution in [0.2, 0.25) is 0 Å². The largest absolute Gasteiger partial charge is 0.695 e. The van der Waals surface area contributed by atoms with Crippen molar-refractivity contribution in [3.05, 3.63) is 22.2 Å². The van der Waals surface area contributed by atoms with E-state index in [2.05, 4.69) is 9.51 Å². The molecule has 10 heteroatoms. The number of aromatic nitrogens is 2. The SMILES string of the molecule is Cc1cn([C@@H]2OC[C@@H](O)C2O[P+](=O)O)c(=O)nc1N. The zero-order valence-corrected chi connectivity index (χ0v) is 10.9. The summed E-state index contributed by atoms with van der Waals surface area (Å²) < 4.78 is 21.7. The van der Waals surface area contributed by atoms with Gasteiger partial charge in [-0.2, -0.15) is 4.98 Å². The Morgan fingerprint density at radius 3 is 3.00 bits per heavy atom. The highest BCUT2D eigenvalue weighted by Crippen LogP contribution is 2.32. The summed E-state index contributed by atoms with van der Waals surface area (Å²) in [6, 6.07) is 0. The average molecular weight is 290 g/mol. The molecule has 1 aliphatic heterocycles. The Kier molecular flexibility index (Phi) is 3.93. The van der Waals surface area contributed by atoms with E-state index in [1.807, 2.05) is 0 Å². The fraction of sp³-hybridized carbons (Fsp3) is 0.556. The van der Waals surface area contributed by atoms with Crippen molar-refractivity contribution in [1.29, 1.82) is 0 Å². The molecule has 1 fully saturated rings. The van der Waals surface area contributed by atoms with Crippen LogP contribution in [0, 0.1) is 6.92 Å². The molecule has 4 N–H and O–H groups in total. The molecule has 9 nitrogen and oxygen atoms in total. The highest BCUT2D eigenvalue weighted by molar-refractivity contribution is 7.32. The lowest BCUT2D eigenvalue weighted by molar-refractivity contribution is -0.00903. The van der Waals surface area contributed by atoms with E-state index in [1.165, 1.54) is 6.20 Å². The first-order chi connectivity index (χ1) is 8.90. The van der Waals surface area contributed by atoms with E-state index in [-0.39, 0.29) is 12.4 Å². The van der Waals surface area contributed by atoms with Gasteiger partial charge in [-0.3, -0.25) is 4.57 Å². The van der Waals surface area contributed by atoms with E-state index in [0.29, 0.717) is 5.56 Å². The molecule has 4 atom stereocenters. The Bertz CT molecular complexity index is 561. The van der Waals surface area contributed by atoms with Gasteiger partial charge in [-0.25, -0.2) is 4.79 Å². The first-order valence-corrected chi connectivity index (χ1v) is 6.51. The van der Waals surface area contributed by atoms with Crippen LogP contribution in [-0.4, -0.2) is 38.4 Å². The number of hydrogen-bond acceptors (Lipinski definition) is 7. The normalized spacial score (nSPS) is 27.5. The second kappa shape index (κ2) is 5.32. The van der Waals surface area contributed by atoms with Crippen molar-refractivity contribution in [2.75, 3.05) is 12.3 Å². The summed E-state index contributed by atoms with van der Waals surface area (Å²) in [6.07, 6.45) is -1.87. The average Bonchev–Trinajstić information content (AvgIpc) is 2.65. The highest BCUT2D eigenvalue weighted by atomic mass is 31.1. The molecule has 1 saturated heterocycles. The van der Waals surface area contributed by atoms with E-state index < -0.39 is 32.4 Å². The standard InChI is InChI=1S/C9H12N3O6P/c1-4-2-12(9(14)11-7(4)10)8-6(18-19(15)16)5(13)3-17-8/h2,5-6,8,13H,3H2,1H3,(H2-,10,11,14,15,16)/p+1/t5-,6?,8-/m1/s1. The molecule has 1 aliphatic rings. The van der Waals surface area contributed by atoms with Crippen LogP contribution in [0.4, 0.5) is 5.82 Å². The summed E-state index contributed by atoms with van der Waals surface area (Å²) in [5, 5.41) is 9.63. The van der Waals surface area contributed by atoms with Crippen LogP contribution in [0.3, 0.4) is 0 Å². The van der Waals surface area contributed by atoms with Crippen LogP contribution < -0.4 is 11.4 Å². The van der Waals surface area contributed by atoms with Gasteiger partial charge in [-0.15, -0.1) is 9.42 Å². The van der Waals surface area contributed by atoms with Gasteiger partial charge in [0.1, 0.15) is 11.9 Å². The Hall–Kier alpha value is -1.38. The predicted molar refractivity (Wildman–Crippen MR) is 63.3 cm³/mol. The molecule has 104 valence electrons. The van der Waals surface area contributed by atoms with Gasteiger partial charge in [0.2, 0.25) is 0 Å². The number of aryl methyl sites for hydroxylation is 1. The van der Waals surface area contributed by atoms with Crippen LogP contribution in [0.15, 0.2) is 11.0 Å². The third-order valence-corrected chi connectivity index (χ3v) is 3.18. The number of nitrogens with two attached hydrogens (primary N) is 1. The smallest absolute Gasteiger partial charge is 0.388 e. The van der Waals surface area contributed by atoms with E-state index in [9.17, 15) is 14.5 Å². The number of aliphatic hydroxyl groups excluding tert-OH is 1. The third-order valence-electron chi connectivity index (χ3n) is 2.76. The van der Waals surface area contributed by atoms with E-state index in [1.54, 1.807) is 6.92 Å². The van der Waals surface area contributed by atoms with Crippen molar-refractivity contribution >= 4 is 14.1 Å². The van der Waals surface area contributed by atoms with Crippen molar-refractivity contribution in [1.82, 2.24) is 9.55 Å². The fourth-order valence-corrected chi connectivity index (χ4v) is 2.26. The number of rotatable bonds is 3. The molecular weight excluding hydrogens is 277 g/mol. The number of aliphatic hydroxyl groups is 1. The van der Waals surface area contributed by atoms with Gasteiger partial charge in [0, 0.05) is 16.3 Å². The lowest BCUT2D eigenvalue weighted by Gasteiger charge is -2.17. The summed E-state index contributed by atoms with van der Waals surface area (Å²) in [5.41, 5.74) is 5.35. The van der Waals surface area contributed by atoms with Crippen LogP contribution in [0.1, 0.15) is 11.8 Å². The van der Waals surface area contributed by atoms with Crippen LogP contribution in [-0.2, 0) is 13.8 Å². The van der Waals surface area contributed by atoms with Gasteiger partial charge in [0.15, 0.2) is 12.3 Å². The zero-order valence-electron chi connectivity index (χ0n) is 9.96. The van der Waals surface area contributed by atoms with Gasteiger partial charge in [0.25, 0.3) is 0 Å². The van der Waals surface area contributed by atoms with Crippen molar-refractivity contribution in [3.63, 3.8) is 0 Å². The molecule has 1 aromatic rings. The number of ether oxygens (including phenoxy) is 1. The van der Waals surface area contributed by atoms with Crippen molar-refractivity contribution < 1.29 is 23.8 Å². The Morgan fingerprint density at radius 1 is 1.68 bits per heavy atom. The molecule has 0 amide bonds. The monoisotopic (exact) mass is 290 g/mol. The maximum Gasteiger partial charge on any atom is 0.695 e. The summed E-state index contributed by atoms with van der Waals surface area (Å²) in [6.45, 7) is 1.53. The summed E-state index contributed by atoms with van der Waals surface area (Å²) in [5.74, 6) is 0.0884. The molecule has 0 radical (unpaired) electrons. The van der Waals surface area contributed by atoms with Crippen LogP contribution in [0.5, 0.6) is 0 Å². The summed E-state index contributed by atoms with van der Waals surface area (Å²) in [4.78, 5) is 24.1. The highest BCUT2D eigenvalue weighted by Gasteiger charge is 2.44. The maximum atomic E-state index is 11.7. The number of hydrogen-bond donors (Lipinski definition) is 3. The molecule has 19 heavy (non-hydrogen) atoms. The minimum Gasteiger partial charge on any atom is -0.388 e. The first-order valence-electron chi connectivity index (χ1n) is 5.38. The van der Waals surface area contributed by atoms with Gasteiger partial charge in [-0.05, 0) is 6.92 Å². The fourth-order valence-electron chi connectivity index (χ4n) is 1.80. The van der Waals surface area contributed by atoms with Gasteiger partial charge < -0.3 is 15.6 Å². The van der Waals surface area contributed by atoms with E-state index in [4.69, 9.17) is 15.4 Å². The van der Waals surface area contributed by atoms with Crippen molar-refractivity contribution in [2.24, 2.45) is 0 Å². The van der Waals surface area contributed by atoms with E-state index >= 15 is 0 Å². The third kappa shape index (κ3) is 2.80. The maximum absolute atomic E-state index is 11.7. The van der Waals surface area contributed by atoms with Gasteiger partial charge in [-0.1, -0.05) is 0 Å². The topological polar surface area (TPSA) is 137 Å². The molecule has 1 aromatic heterocycles. The number of nitrogen functional groups attached to an aromatic ring is 1. The lowest BCUT2D eigenvalue weighted by atomic mass is 10.2. The molecule has 0 bridgehead atoms. The molecule has 0 spiro atoms. The minimum atomic E-state index is -2.93. The second-order valence-corrected chi connectivity index (χ2v) is 4.78. The summed E-state index contributed by atoms with van der Waals surface area (Å²) >= 11 is 0. The number of anilines is 1. The molecule has 2 unspecified atom stereocenters. The Morgan fingerprint density at radius 2 is 2.37 bits per heavy atom. The second-order valence-electron chi connectivity index (χ2n) is 4.10. The summed E-state index contributed by atoms with van der Waals surface area (Å²) in [7, 11) is -2.93. The molecule has 0 aromatic carbocycles. The molecule has 0 saturated carbocycles. The van der Waals surface area contributed by atoms with E-state index in [0.717, 1.165) is 4.57 Å². The quantitative estimate of drug-likeness (QED) is 0.606. The van der Waals surface area contributed by atoms with Crippen LogP contribution >= 0.6 is 8.25 Å². The first kappa shape index (κ1) is 14.0. The zero-order chi connectivity index (χ0) is 14.2. The predicted octanol–water partition coefficient (Wildman–Crippen LogP) is -0.941. The Balaban J connectivity index is 2.37. The van der Waals surface area contributed by atoms with Gasteiger partial charge >= 0.3 is 13.9 Å². The molecule has 2 heterocycles. The minimum absolute atomic E-state index is 0.0884. The lowest BCUT2D eigenvalue weighted by Crippen LogP contribution is -2.36. The molecule has 0 aliphatic carbocycles. The van der Waals surface area contributed by atoms with Crippen molar-refractivity contribution in [2.45, 2.75) is 25.4 Å². The molecule has 2 rings (SSSR count).